The average Bonchev–Trinajstić information content (AvgIpc) is 2.13. The molecule has 0 bridgehead atoms. The minimum atomic E-state index is -0.0777. The lowest BCUT2D eigenvalue weighted by atomic mass is 9.70. The van der Waals surface area contributed by atoms with Gasteiger partial charge in [0.15, 0.2) is 0 Å². The highest BCUT2D eigenvalue weighted by Crippen LogP contribution is 2.39. The Hall–Kier alpha value is 0.310. The Labute approximate surface area is 101 Å². The van der Waals surface area contributed by atoms with Crippen molar-refractivity contribution in [3.8, 4) is 0 Å². The third-order valence-electron chi connectivity index (χ3n) is 3.89. The topological polar surface area (TPSA) is 9.23 Å². The Kier molecular flexibility index (Phi) is 5.20. The highest BCUT2D eigenvalue weighted by Gasteiger charge is 2.35. The lowest BCUT2D eigenvalue weighted by Crippen LogP contribution is -2.40. The first-order valence-corrected chi connectivity index (χ1v) is 6.46. The summed E-state index contributed by atoms with van der Waals surface area (Å²) in [6, 6.07) is 0. The predicted octanol–water partition coefficient (Wildman–Crippen LogP) is 4.17. The fraction of sp³-hybridized carbons (Fsp3) is 1.00. The van der Waals surface area contributed by atoms with E-state index in [1.54, 1.807) is 0 Å². The van der Waals surface area contributed by atoms with Crippen LogP contribution in [0.4, 0.5) is 0 Å². The smallest absolute Gasteiger partial charge is 0.0739 e. The number of hydrogen-bond acceptors (Lipinski definition) is 2. The molecule has 2 heteroatoms. The lowest BCUT2D eigenvalue weighted by Gasteiger charge is -2.41. The average molecular weight is 232 g/mol. The normalized spacial score (nSPS) is 17.6. The predicted molar refractivity (Wildman–Crippen MR) is 71.7 cm³/mol. The number of ether oxygens (including phenoxy) is 1. The molecule has 0 amide bonds. The Bertz CT molecular complexity index is 187. The molecule has 92 valence electrons. The highest BCUT2D eigenvalue weighted by atomic mass is 32.1. The van der Waals surface area contributed by atoms with Gasteiger partial charge in [-0.3, -0.25) is 0 Å². The van der Waals surface area contributed by atoms with Gasteiger partial charge in [-0.25, -0.2) is 0 Å². The molecule has 1 unspecified atom stereocenters. The van der Waals surface area contributed by atoms with Crippen molar-refractivity contribution in [1.82, 2.24) is 0 Å². The van der Waals surface area contributed by atoms with Crippen molar-refractivity contribution in [1.29, 1.82) is 0 Å². The molecule has 15 heavy (non-hydrogen) atoms. The summed E-state index contributed by atoms with van der Waals surface area (Å²) in [5.74, 6) is 0.781. The van der Waals surface area contributed by atoms with E-state index in [9.17, 15) is 0 Å². The second-order valence-corrected chi connectivity index (χ2v) is 6.70. The molecule has 1 nitrogen and oxygen atoms in total. The van der Waals surface area contributed by atoms with Gasteiger partial charge in [0.2, 0.25) is 0 Å². The Balaban J connectivity index is 4.38. The molecule has 0 N–H and O–H groups in total. The van der Waals surface area contributed by atoms with Crippen molar-refractivity contribution in [2.24, 2.45) is 10.8 Å². The van der Waals surface area contributed by atoms with E-state index in [4.69, 9.17) is 4.74 Å². The van der Waals surface area contributed by atoms with E-state index in [-0.39, 0.29) is 16.4 Å². The highest BCUT2D eigenvalue weighted by molar-refractivity contribution is 7.80. The fourth-order valence-corrected chi connectivity index (χ4v) is 1.15. The van der Waals surface area contributed by atoms with Gasteiger partial charge in [0.25, 0.3) is 0 Å². The summed E-state index contributed by atoms with van der Waals surface area (Å²) in [5.41, 5.74) is 0.371. The van der Waals surface area contributed by atoms with Gasteiger partial charge in [0, 0.05) is 5.75 Å². The van der Waals surface area contributed by atoms with Crippen LogP contribution in [0.1, 0.15) is 54.9 Å². The van der Waals surface area contributed by atoms with Crippen LogP contribution in [0, 0.1) is 10.8 Å². The molecule has 0 aromatic carbocycles. The molecule has 0 saturated heterocycles. The van der Waals surface area contributed by atoms with Crippen LogP contribution in [0.3, 0.4) is 0 Å². The summed E-state index contributed by atoms with van der Waals surface area (Å²) in [6.45, 7) is 16.4. The van der Waals surface area contributed by atoms with Crippen LogP contribution in [0.5, 0.6) is 0 Å². The lowest BCUT2D eigenvalue weighted by molar-refractivity contribution is -0.0814. The van der Waals surface area contributed by atoms with Crippen LogP contribution in [0.15, 0.2) is 0 Å². The summed E-state index contributed by atoms with van der Waals surface area (Å²) in [7, 11) is 0. The van der Waals surface area contributed by atoms with E-state index in [2.05, 4.69) is 61.1 Å². The van der Waals surface area contributed by atoms with Crippen LogP contribution in [-0.4, -0.2) is 18.0 Å². The molecule has 0 fully saturated rings. The van der Waals surface area contributed by atoms with E-state index in [0.717, 1.165) is 18.8 Å². The van der Waals surface area contributed by atoms with Crippen molar-refractivity contribution in [3.63, 3.8) is 0 Å². The zero-order chi connectivity index (χ0) is 12.3. The molecule has 0 radical (unpaired) electrons. The first kappa shape index (κ1) is 15.3. The van der Waals surface area contributed by atoms with E-state index in [1.165, 1.54) is 0 Å². The molecule has 0 heterocycles. The molecule has 0 rings (SSSR count). The minimum Gasteiger partial charge on any atom is -0.374 e. The number of rotatable bonds is 5. The van der Waals surface area contributed by atoms with Crippen molar-refractivity contribution >= 4 is 12.6 Å². The quantitative estimate of drug-likeness (QED) is 0.700. The maximum atomic E-state index is 6.04. The van der Waals surface area contributed by atoms with Crippen LogP contribution >= 0.6 is 12.6 Å². The Morgan fingerprint density at radius 3 is 1.73 bits per heavy atom. The van der Waals surface area contributed by atoms with Gasteiger partial charge in [-0.1, -0.05) is 41.5 Å². The molecular weight excluding hydrogens is 204 g/mol. The van der Waals surface area contributed by atoms with Crippen molar-refractivity contribution < 1.29 is 4.74 Å². The van der Waals surface area contributed by atoms with Crippen LogP contribution in [0.25, 0.3) is 0 Å². The molecule has 0 saturated carbocycles. The first-order valence-electron chi connectivity index (χ1n) is 5.83. The zero-order valence-electron chi connectivity index (χ0n) is 11.5. The third kappa shape index (κ3) is 4.36. The largest absolute Gasteiger partial charge is 0.374 e. The van der Waals surface area contributed by atoms with Gasteiger partial charge in [-0.2, -0.15) is 12.6 Å². The van der Waals surface area contributed by atoms with Crippen molar-refractivity contribution in [2.75, 3.05) is 12.4 Å². The summed E-state index contributed by atoms with van der Waals surface area (Å²) >= 11 is 4.36. The molecule has 0 aliphatic heterocycles. The standard InChI is InChI=1S/C13H28OS/c1-8-13(7,10-15)14-9-12(5,6)11(2,3)4/h15H,8-10H2,1-7H3. The second kappa shape index (κ2) is 5.09. The molecule has 0 aliphatic rings. The summed E-state index contributed by atoms with van der Waals surface area (Å²) < 4.78 is 6.04. The molecular formula is C13H28OS. The Morgan fingerprint density at radius 1 is 1.00 bits per heavy atom. The second-order valence-electron chi connectivity index (χ2n) is 6.38. The van der Waals surface area contributed by atoms with E-state index in [1.807, 2.05) is 0 Å². The van der Waals surface area contributed by atoms with Gasteiger partial charge in [-0.15, -0.1) is 0 Å². The Morgan fingerprint density at radius 2 is 1.47 bits per heavy atom. The molecule has 0 aromatic rings. The summed E-state index contributed by atoms with van der Waals surface area (Å²) in [4.78, 5) is 0. The molecule has 1 atom stereocenters. The number of thiol groups is 1. The van der Waals surface area contributed by atoms with E-state index >= 15 is 0 Å². The van der Waals surface area contributed by atoms with Crippen molar-refractivity contribution in [3.05, 3.63) is 0 Å². The maximum absolute atomic E-state index is 6.04. The summed E-state index contributed by atoms with van der Waals surface area (Å²) in [5, 5.41) is 0. The van der Waals surface area contributed by atoms with Gasteiger partial charge in [-0.05, 0) is 24.2 Å². The van der Waals surface area contributed by atoms with Gasteiger partial charge < -0.3 is 4.74 Å². The molecule has 0 aliphatic carbocycles. The summed E-state index contributed by atoms with van der Waals surface area (Å²) in [6.07, 6.45) is 1.01. The van der Waals surface area contributed by atoms with E-state index < -0.39 is 0 Å². The number of hydrogen-bond donors (Lipinski definition) is 1. The SMILES string of the molecule is CCC(C)(CS)OCC(C)(C)C(C)(C)C. The minimum absolute atomic E-state index is 0.0777. The van der Waals surface area contributed by atoms with Crippen LogP contribution in [-0.2, 0) is 4.74 Å². The van der Waals surface area contributed by atoms with Crippen molar-refractivity contribution in [2.45, 2.75) is 60.5 Å². The fourth-order valence-electron chi connectivity index (χ4n) is 0.831. The maximum Gasteiger partial charge on any atom is 0.0739 e. The monoisotopic (exact) mass is 232 g/mol. The molecule has 0 aromatic heterocycles. The van der Waals surface area contributed by atoms with Crippen LogP contribution < -0.4 is 0 Å². The third-order valence-corrected chi connectivity index (χ3v) is 4.56. The van der Waals surface area contributed by atoms with Gasteiger partial charge in [0.1, 0.15) is 0 Å². The van der Waals surface area contributed by atoms with Crippen LogP contribution in [0.2, 0.25) is 0 Å². The van der Waals surface area contributed by atoms with Gasteiger partial charge in [0.05, 0.1) is 12.2 Å². The zero-order valence-corrected chi connectivity index (χ0v) is 12.4. The molecule has 0 spiro atoms. The van der Waals surface area contributed by atoms with Gasteiger partial charge >= 0.3 is 0 Å². The first-order chi connectivity index (χ1) is 6.58. The van der Waals surface area contributed by atoms with E-state index in [0.29, 0.717) is 0 Å².